The molecule has 0 saturated heterocycles. The predicted octanol–water partition coefficient (Wildman–Crippen LogP) is 3.67. The molecule has 0 fully saturated rings. The fourth-order valence-electron chi connectivity index (χ4n) is 3.07. The van der Waals surface area contributed by atoms with Crippen LogP contribution in [0.3, 0.4) is 0 Å². The van der Waals surface area contributed by atoms with Crippen LogP contribution in [0.25, 0.3) is 11.3 Å². The molecular weight excluding hydrogens is 286 g/mol. The van der Waals surface area contributed by atoms with Crippen molar-refractivity contribution in [2.75, 3.05) is 0 Å². The van der Waals surface area contributed by atoms with E-state index < -0.39 is 0 Å². The molecule has 2 aromatic carbocycles. The first-order valence-corrected chi connectivity index (χ1v) is 7.61. The quantitative estimate of drug-likeness (QED) is 0.725. The van der Waals surface area contributed by atoms with Gasteiger partial charge >= 0.3 is 0 Å². The summed E-state index contributed by atoms with van der Waals surface area (Å²) in [5, 5.41) is 8.40. The molecule has 0 aliphatic carbocycles. The molecule has 0 N–H and O–H groups in total. The maximum Gasteiger partial charge on any atom is 0.163 e. The summed E-state index contributed by atoms with van der Waals surface area (Å²) in [5.74, 6) is 1.71. The summed E-state index contributed by atoms with van der Waals surface area (Å²) in [6.07, 6.45) is 0. The first kappa shape index (κ1) is 13.9. The summed E-state index contributed by atoms with van der Waals surface area (Å²) in [6, 6.07) is 16.5. The van der Waals surface area contributed by atoms with E-state index in [1.165, 1.54) is 0 Å². The standard InChI is InChI=1S/C19H17N3O/c1-13(15-7-4-3-5-8-15)16-9-6-10-18-17(16)11-23-12-19-21-20-14(2)22(18)19/h3-10H,1,11-12H2,2H3. The number of benzene rings is 2. The zero-order valence-electron chi connectivity index (χ0n) is 13.0. The summed E-state index contributed by atoms with van der Waals surface area (Å²) >= 11 is 0. The van der Waals surface area contributed by atoms with Crippen molar-refractivity contribution in [2.24, 2.45) is 0 Å². The summed E-state index contributed by atoms with van der Waals surface area (Å²) in [6.45, 7) is 7.27. The van der Waals surface area contributed by atoms with Gasteiger partial charge in [-0.3, -0.25) is 4.57 Å². The number of aryl methyl sites for hydroxylation is 1. The molecule has 1 aliphatic heterocycles. The summed E-state index contributed by atoms with van der Waals surface area (Å²) < 4.78 is 7.90. The van der Waals surface area contributed by atoms with Gasteiger partial charge < -0.3 is 4.74 Å². The largest absolute Gasteiger partial charge is 0.369 e. The van der Waals surface area contributed by atoms with E-state index >= 15 is 0 Å². The van der Waals surface area contributed by atoms with Gasteiger partial charge in [-0.2, -0.15) is 0 Å². The predicted molar refractivity (Wildman–Crippen MR) is 89.2 cm³/mol. The van der Waals surface area contributed by atoms with Gasteiger partial charge in [-0.25, -0.2) is 0 Å². The minimum atomic E-state index is 0.465. The van der Waals surface area contributed by atoms with Crippen molar-refractivity contribution >= 4 is 5.57 Å². The number of hydrogen-bond acceptors (Lipinski definition) is 3. The number of nitrogens with zero attached hydrogens (tertiary/aromatic N) is 3. The molecule has 2 heterocycles. The fourth-order valence-corrected chi connectivity index (χ4v) is 3.07. The third-order valence-corrected chi connectivity index (χ3v) is 4.21. The van der Waals surface area contributed by atoms with Crippen LogP contribution in [0.1, 0.15) is 28.3 Å². The van der Waals surface area contributed by atoms with Crippen LogP contribution in [0, 0.1) is 6.92 Å². The van der Waals surface area contributed by atoms with E-state index in [4.69, 9.17) is 4.74 Å². The van der Waals surface area contributed by atoms with Gasteiger partial charge in [0.15, 0.2) is 5.82 Å². The first-order valence-electron chi connectivity index (χ1n) is 7.61. The lowest BCUT2D eigenvalue weighted by atomic mass is 9.94. The molecule has 4 nitrogen and oxygen atoms in total. The van der Waals surface area contributed by atoms with E-state index in [0.717, 1.165) is 39.6 Å². The number of aromatic nitrogens is 3. The number of rotatable bonds is 2. The Hall–Kier alpha value is -2.72. The zero-order chi connectivity index (χ0) is 15.8. The van der Waals surface area contributed by atoms with Crippen LogP contribution in [-0.4, -0.2) is 14.8 Å². The SMILES string of the molecule is C=C(c1ccccc1)c1cccc2c1COCc1nnc(C)n1-2. The molecule has 0 saturated carbocycles. The maximum absolute atomic E-state index is 5.82. The zero-order valence-corrected chi connectivity index (χ0v) is 13.0. The van der Waals surface area contributed by atoms with Gasteiger partial charge in [0.25, 0.3) is 0 Å². The highest BCUT2D eigenvalue weighted by Gasteiger charge is 2.21. The topological polar surface area (TPSA) is 39.9 Å². The minimum Gasteiger partial charge on any atom is -0.369 e. The van der Waals surface area contributed by atoms with Crippen molar-refractivity contribution < 1.29 is 4.74 Å². The van der Waals surface area contributed by atoms with E-state index in [0.29, 0.717) is 13.2 Å². The Balaban J connectivity index is 1.90. The Morgan fingerprint density at radius 1 is 1.04 bits per heavy atom. The molecule has 4 heteroatoms. The lowest BCUT2D eigenvalue weighted by Crippen LogP contribution is -2.04. The molecule has 0 atom stereocenters. The van der Waals surface area contributed by atoms with Crippen molar-refractivity contribution in [3.8, 4) is 5.69 Å². The van der Waals surface area contributed by atoms with E-state index in [1.54, 1.807) is 0 Å². The fraction of sp³-hybridized carbons (Fsp3) is 0.158. The van der Waals surface area contributed by atoms with Gasteiger partial charge in [0.05, 0.1) is 12.3 Å². The van der Waals surface area contributed by atoms with E-state index in [-0.39, 0.29) is 0 Å². The van der Waals surface area contributed by atoms with Crippen LogP contribution in [0.2, 0.25) is 0 Å². The molecule has 1 aliphatic rings. The maximum atomic E-state index is 5.82. The third-order valence-electron chi connectivity index (χ3n) is 4.21. The van der Waals surface area contributed by atoms with Crippen LogP contribution in [-0.2, 0) is 18.0 Å². The molecule has 23 heavy (non-hydrogen) atoms. The van der Waals surface area contributed by atoms with Crippen molar-refractivity contribution in [3.63, 3.8) is 0 Å². The second-order valence-electron chi connectivity index (χ2n) is 5.64. The Morgan fingerprint density at radius 2 is 1.87 bits per heavy atom. The van der Waals surface area contributed by atoms with E-state index in [2.05, 4.69) is 51.7 Å². The molecule has 4 rings (SSSR count). The number of ether oxygens (including phenoxy) is 1. The van der Waals surface area contributed by atoms with Gasteiger partial charge in [0, 0.05) is 5.56 Å². The monoisotopic (exact) mass is 303 g/mol. The van der Waals surface area contributed by atoms with Crippen molar-refractivity contribution in [1.82, 2.24) is 14.8 Å². The lowest BCUT2D eigenvalue weighted by molar-refractivity contribution is 0.105. The van der Waals surface area contributed by atoms with Gasteiger partial charge in [-0.05, 0) is 29.7 Å². The van der Waals surface area contributed by atoms with Crippen molar-refractivity contribution in [1.29, 1.82) is 0 Å². The Kier molecular flexibility index (Phi) is 3.32. The third kappa shape index (κ3) is 2.28. The Morgan fingerprint density at radius 3 is 2.70 bits per heavy atom. The van der Waals surface area contributed by atoms with Gasteiger partial charge in [0.2, 0.25) is 0 Å². The van der Waals surface area contributed by atoms with Crippen LogP contribution in [0.15, 0.2) is 55.1 Å². The second-order valence-corrected chi connectivity index (χ2v) is 5.64. The van der Waals surface area contributed by atoms with Gasteiger partial charge in [0.1, 0.15) is 12.4 Å². The van der Waals surface area contributed by atoms with Gasteiger partial charge in [-0.15, -0.1) is 10.2 Å². The van der Waals surface area contributed by atoms with E-state index in [9.17, 15) is 0 Å². The van der Waals surface area contributed by atoms with Crippen LogP contribution < -0.4 is 0 Å². The number of fused-ring (bicyclic) bond motifs is 3. The second kappa shape index (κ2) is 5.48. The first-order chi connectivity index (χ1) is 11.3. The summed E-state index contributed by atoms with van der Waals surface area (Å²) in [4.78, 5) is 0. The van der Waals surface area contributed by atoms with Crippen LogP contribution in [0.5, 0.6) is 0 Å². The normalized spacial score (nSPS) is 13.1. The highest BCUT2D eigenvalue weighted by atomic mass is 16.5. The Labute approximate surface area is 135 Å². The lowest BCUT2D eigenvalue weighted by Gasteiger charge is -2.16. The van der Waals surface area contributed by atoms with Crippen LogP contribution in [0.4, 0.5) is 0 Å². The average molecular weight is 303 g/mol. The van der Waals surface area contributed by atoms with E-state index in [1.807, 2.05) is 25.1 Å². The molecule has 0 amide bonds. The molecule has 0 unspecified atom stereocenters. The summed E-state index contributed by atoms with van der Waals surface area (Å²) in [7, 11) is 0. The smallest absolute Gasteiger partial charge is 0.163 e. The molecule has 3 aromatic rings. The molecule has 0 radical (unpaired) electrons. The van der Waals surface area contributed by atoms with Crippen LogP contribution >= 0.6 is 0 Å². The highest BCUT2D eigenvalue weighted by Crippen LogP contribution is 2.31. The minimum absolute atomic E-state index is 0.465. The molecule has 1 aromatic heterocycles. The highest BCUT2D eigenvalue weighted by molar-refractivity contribution is 5.81. The molecule has 114 valence electrons. The Bertz CT molecular complexity index is 881. The number of hydrogen-bond donors (Lipinski definition) is 0. The molecule has 0 bridgehead atoms. The molecular formula is C19H17N3O. The van der Waals surface area contributed by atoms with Gasteiger partial charge in [-0.1, -0.05) is 49.0 Å². The van der Waals surface area contributed by atoms with Crippen molar-refractivity contribution in [2.45, 2.75) is 20.1 Å². The molecule has 0 spiro atoms. The average Bonchev–Trinajstić information content (AvgIpc) is 2.85. The summed E-state index contributed by atoms with van der Waals surface area (Å²) in [5.41, 5.74) is 5.43. The van der Waals surface area contributed by atoms with Crippen molar-refractivity contribution in [3.05, 3.63) is 83.4 Å².